The Morgan fingerprint density at radius 1 is 1.32 bits per heavy atom. The van der Waals surface area contributed by atoms with E-state index >= 15 is 0 Å². The van der Waals surface area contributed by atoms with Crippen molar-refractivity contribution >= 4 is 15.9 Å². The lowest BCUT2D eigenvalue weighted by atomic mass is 10.1. The molecule has 1 aromatic heterocycles. The third-order valence-electron chi connectivity index (χ3n) is 3.83. The van der Waals surface area contributed by atoms with Crippen LogP contribution in [0.2, 0.25) is 0 Å². The molecule has 1 aromatic rings. The van der Waals surface area contributed by atoms with Crippen LogP contribution in [0.3, 0.4) is 0 Å². The van der Waals surface area contributed by atoms with Gasteiger partial charge < -0.3 is 4.90 Å². The van der Waals surface area contributed by atoms with Gasteiger partial charge in [0.05, 0.1) is 6.26 Å². The molecule has 1 fully saturated rings. The molecule has 22 heavy (non-hydrogen) atoms. The average molecular weight is 325 g/mol. The highest BCUT2D eigenvalue weighted by molar-refractivity contribution is 7.88. The van der Waals surface area contributed by atoms with Crippen molar-refractivity contribution < 1.29 is 13.2 Å². The molecule has 0 spiro atoms. The summed E-state index contributed by atoms with van der Waals surface area (Å²) in [4.78, 5) is 18.0. The summed E-state index contributed by atoms with van der Waals surface area (Å²) in [6.07, 6.45) is 7.94. The number of piperidine rings is 1. The van der Waals surface area contributed by atoms with E-state index in [9.17, 15) is 13.2 Å². The Hall–Kier alpha value is -1.47. The summed E-state index contributed by atoms with van der Waals surface area (Å²) in [5.74, 6) is 0.0412. The molecule has 0 atom stereocenters. The highest BCUT2D eigenvalue weighted by atomic mass is 32.2. The van der Waals surface area contributed by atoms with Gasteiger partial charge in [-0.3, -0.25) is 9.78 Å². The Morgan fingerprint density at radius 3 is 2.64 bits per heavy atom. The van der Waals surface area contributed by atoms with Gasteiger partial charge in [0.1, 0.15) is 0 Å². The van der Waals surface area contributed by atoms with Crippen molar-refractivity contribution in [1.82, 2.24) is 14.2 Å². The zero-order valence-electron chi connectivity index (χ0n) is 12.9. The van der Waals surface area contributed by atoms with Gasteiger partial charge in [0, 0.05) is 45.0 Å². The van der Waals surface area contributed by atoms with E-state index in [-0.39, 0.29) is 25.4 Å². The van der Waals surface area contributed by atoms with Crippen LogP contribution >= 0.6 is 0 Å². The van der Waals surface area contributed by atoms with E-state index in [2.05, 4.69) is 4.98 Å². The minimum atomic E-state index is -3.35. The second-order valence-corrected chi connectivity index (χ2v) is 7.63. The zero-order valence-corrected chi connectivity index (χ0v) is 13.8. The Balaban J connectivity index is 1.94. The average Bonchev–Trinajstić information content (AvgIpc) is 2.52. The molecule has 1 saturated heterocycles. The van der Waals surface area contributed by atoms with Crippen LogP contribution in [-0.4, -0.2) is 54.4 Å². The summed E-state index contributed by atoms with van der Waals surface area (Å²) in [7, 11) is -3.35. The van der Waals surface area contributed by atoms with E-state index in [1.165, 1.54) is 17.0 Å². The van der Waals surface area contributed by atoms with Gasteiger partial charge in [0.25, 0.3) is 0 Å². The number of aromatic nitrogens is 1. The quantitative estimate of drug-likeness (QED) is 0.789. The van der Waals surface area contributed by atoms with Gasteiger partial charge in [-0.2, -0.15) is 4.31 Å². The highest BCUT2D eigenvalue weighted by Crippen LogP contribution is 2.12. The molecule has 1 amide bonds. The van der Waals surface area contributed by atoms with E-state index in [0.717, 1.165) is 31.5 Å². The first kappa shape index (κ1) is 16.9. The fourth-order valence-electron chi connectivity index (χ4n) is 2.58. The van der Waals surface area contributed by atoms with Crippen molar-refractivity contribution in [1.29, 1.82) is 0 Å². The second-order valence-electron chi connectivity index (χ2n) is 5.65. The summed E-state index contributed by atoms with van der Waals surface area (Å²) in [5, 5.41) is 0. The van der Waals surface area contributed by atoms with Gasteiger partial charge in [0.15, 0.2) is 0 Å². The number of likely N-dealkylation sites (tertiary alicyclic amines) is 1. The normalized spacial score (nSPS) is 16.0. The van der Waals surface area contributed by atoms with Crippen LogP contribution in [-0.2, 0) is 21.4 Å². The number of pyridine rings is 1. The molecule has 0 aromatic carbocycles. The molecule has 7 heteroatoms. The van der Waals surface area contributed by atoms with Crippen molar-refractivity contribution in [2.45, 2.75) is 32.2 Å². The SMILES string of the molecule is CS(=O)(=O)N(CCC(=O)N1CCCCC1)Cc1cccnc1. The molecular weight excluding hydrogens is 302 g/mol. The predicted octanol–water partition coefficient (Wildman–Crippen LogP) is 1.25. The van der Waals surface area contributed by atoms with Crippen molar-refractivity contribution in [3.8, 4) is 0 Å². The summed E-state index contributed by atoms with van der Waals surface area (Å²) >= 11 is 0. The molecule has 122 valence electrons. The number of sulfonamides is 1. The van der Waals surface area contributed by atoms with Gasteiger partial charge in [-0.25, -0.2) is 8.42 Å². The van der Waals surface area contributed by atoms with Crippen molar-refractivity contribution in [2.24, 2.45) is 0 Å². The molecule has 2 heterocycles. The summed E-state index contributed by atoms with van der Waals surface area (Å²) in [6.45, 7) is 2.05. The Bertz CT molecular complexity index is 583. The first-order valence-electron chi connectivity index (χ1n) is 7.58. The van der Waals surface area contributed by atoms with Crippen LogP contribution < -0.4 is 0 Å². The third kappa shape index (κ3) is 5.06. The minimum Gasteiger partial charge on any atom is -0.343 e. The monoisotopic (exact) mass is 325 g/mol. The van der Waals surface area contributed by atoms with Crippen molar-refractivity contribution in [3.05, 3.63) is 30.1 Å². The van der Waals surface area contributed by atoms with Gasteiger partial charge >= 0.3 is 0 Å². The van der Waals surface area contributed by atoms with E-state index in [1.54, 1.807) is 18.5 Å². The molecule has 0 radical (unpaired) electrons. The van der Waals surface area contributed by atoms with Crippen LogP contribution in [0.1, 0.15) is 31.2 Å². The number of rotatable bonds is 6. The van der Waals surface area contributed by atoms with E-state index in [4.69, 9.17) is 0 Å². The lowest BCUT2D eigenvalue weighted by Gasteiger charge is -2.28. The van der Waals surface area contributed by atoms with Crippen LogP contribution in [0.4, 0.5) is 0 Å². The van der Waals surface area contributed by atoms with Crippen LogP contribution in [0.15, 0.2) is 24.5 Å². The van der Waals surface area contributed by atoms with Crippen molar-refractivity contribution in [3.63, 3.8) is 0 Å². The maximum absolute atomic E-state index is 12.2. The Morgan fingerprint density at radius 2 is 2.05 bits per heavy atom. The van der Waals surface area contributed by atoms with Gasteiger partial charge in [-0.15, -0.1) is 0 Å². The zero-order chi connectivity index (χ0) is 16.0. The third-order valence-corrected chi connectivity index (χ3v) is 5.08. The molecule has 0 aliphatic carbocycles. The summed E-state index contributed by atoms with van der Waals surface area (Å²) in [5.41, 5.74) is 0.818. The maximum atomic E-state index is 12.2. The molecule has 6 nitrogen and oxygen atoms in total. The topological polar surface area (TPSA) is 70.6 Å². The van der Waals surface area contributed by atoms with Crippen molar-refractivity contribution in [2.75, 3.05) is 25.9 Å². The number of nitrogens with zero attached hydrogens (tertiary/aromatic N) is 3. The van der Waals surface area contributed by atoms with E-state index < -0.39 is 10.0 Å². The summed E-state index contributed by atoms with van der Waals surface area (Å²) < 4.78 is 25.1. The fraction of sp³-hybridized carbons (Fsp3) is 0.600. The van der Waals surface area contributed by atoms with Crippen LogP contribution in [0.5, 0.6) is 0 Å². The van der Waals surface area contributed by atoms with E-state index in [0.29, 0.717) is 0 Å². The second kappa shape index (κ2) is 7.69. The number of carbonyl (C=O) groups is 1. The first-order chi connectivity index (χ1) is 10.5. The highest BCUT2D eigenvalue weighted by Gasteiger charge is 2.21. The number of hydrogen-bond donors (Lipinski definition) is 0. The molecule has 2 rings (SSSR count). The van der Waals surface area contributed by atoms with Crippen LogP contribution in [0, 0.1) is 0 Å². The maximum Gasteiger partial charge on any atom is 0.223 e. The molecular formula is C15H23N3O3S. The fourth-order valence-corrected chi connectivity index (χ4v) is 3.39. The van der Waals surface area contributed by atoms with Gasteiger partial charge in [0.2, 0.25) is 15.9 Å². The molecule has 0 bridgehead atoms. The number of amides is 1. The standard InChI is InChI=1S/C15H23N3O3S/c1-22(20,21)18(13-14-6-5-8-16-12-14)11-7-15(19)17-9-3-2-4-10-17/h5-6,8,12H,2-4,7,9-11,13H2,1H3. The van der Waals surface area contributed by atoms with Gasteiger partial charge in [-0.05, 0) is 30.9 Å². The predicted molar refractivity (Wildman–Crippen MR) is 84.5 cm³/mol. The largest absolute Gasteiger partial charge is 0.343 e. The minimum absolute atomic E-state index is 0.0412. The number of carbonyl (C=O) groups excluding carboxylic acids is 1. The molecule has 0 N–H and O–H groups in total. The molecule has 0 unspecified atom stereocenters. The molecule has 0 saturated carbocycles. The molecule has 1 aliphatic heterocycles. The first-order valence-corrected chi connectivity index (χ1v) is 9.43. The lowest BCUT2D eigenvalue weighted by molar-refractivity contribution is -0.132. The summed E-state index contributed by atoms with van der Waals surface area (Å²) in [6, 6.07) is 3.60. The smallest absolute Gasteiger partial charge is 0.223 e. The molecule has 1 aliphatic rings. The van der Waals surface area contributed by atoms with E-state index in [1.807, 2.05) is 11.0 Å². The Labute approximate surface area is 132 Å². The van der Waals surface area contributed by atoms with Gasteiger partial charge in [-0.1, -0.05) is 6.07 Å². The van der Waals surface area contributed by atoms with Crippen LogP contribution in [0.25, 0.3) is 0 Å². The Kier molecular flexibility index (Phi) is 5.90. The lowest BCUT2D eigenvalue weighted by Crippen LogP contribution is -2.39. The number of hydrogen-bond acceptors (Lipinski definition) is 4.